The molecule has 3 heterocycles. The van der Waals surface area contributed by atoms with E-state index in [1.807, 2.05) is 4.90 Å². The van der Waals surface area contributed by atoms with E-state index >= 15 is 0 Å². The predicted octanol–water partition coefficient (Wildman–Crippen LogP) is 1.92. The van der Waals surface area contributed by atoms with Crippen molar-refractivity contribution >= 4 is 23.6 Å². The molecular weight excluding hydrogens is 334 g/mol. The molecule has 6 heteroatoms. The summed E-state index contributed by atoms with van der Waals surface area (Å²) in [4.78, 5) is 32.0. The fraction of sp³-hybridized carbons (Fsp3) is 0.579. The zero-order valence-electron chi connectivity index (χ0n) is 15.3. The highest BCUT2D eigenvalue weighted by molar-refractivity contribution is 7.98. The fourth-order valence-corrected chi connectivity index (χ4v) is 4.44. The average molecular weight is 362 g/mol. The van der Waals surface area contributed by atoms with E-state index in [1.165, 1.54) is 10.5 Å². The van der Waals surface area contributed by atoms with E-state index in [-0.39, 0.29) is 30.3 Å². The molecule has 0 aliphatic carbocycles. The van der Waals surface area contributed by atoms with Crippen LogP contribution in [0.15, 0.2) is 29.2 Å². The Morgan fingerprint density at radius 1 is 1.24 bits per heavy atom. The number of hydrogen-bond acceptors (Lipinski definition) is 4. The Hall–Kier alpha value is -1.53. The van der Waals surface area contributed by atoms with Crippen LogP contribution in [0.3, 0.4) is 0 Å². The number of carbonyl (C=O) groups excluding carboxylic acids is 2. The first-order chi connectivity index (χ1) is 12.0. The highest BCUT2D eigenvalue weighted by Crippen LogP contribution is 2.31. The minimum absolute atomic E-state index is 0.000165. The summed E-state index contributed by atoms with van der Waals surface area (Å²) in [6, 6.07) is 8.62. The van der Waals surface area contributed by atoms with E-state index in [2.05, 4.69) is 35.4 Å². The molecular formula is C19H27N3O2S. The van der Waals surface area contributed by atoms with Crippen molar-refractivity contribution in [2.75, 3.05) is 40.0 Å². The Morgan fingerprint density at radius 3 is 2.72 bits per heavy atom. The van der Waals surface area contributed by atoms with Crippen molar-refractivity contribution in [3.63, 3.8) is 0 Å². The third kappa shape index (κ3) is 4.01. The molecule has 136 valence electrons. The second-order valence-corrected chi connectivity index (χ2v) is 8.04. The van der Waals surface area contributed by atoms with Gasteiger partial charge < -0.3 is 9.80 Å². The summed E-state index contributed by atoms with van der Waals surface area (Å²) in [7, 11) is 3.49. The summed E-state index contributed by atoms with van der Waals surface area (Å²) in [5.74, 6) is 0.183. The van der Waals surface area contributed by atoms with Gasteiger partial charge in [0.25, 0.3) is 0 Å². The molecule has 2 bridgehead atoms. The molecule has 3 fully saturated rings. The van der Waals surface area contributed by atoms with Gasteiger partial charge in [-0.3, -0.25) is 14.5 Å². The second-order valence-electron chi connectivity index (χ2n) is 7.19. The summed E-state index contributed by atoms with van der Waals surface area (Å²) < 4.78 is 0. The summed E-state index contributed by atoms with van der Waals surface area (Å²) in [6.07, 6.45) is 4.04. The van der Waals surface area contributed by atoms with Crippen LogP contribution in [-0.4, -0.2) is 72.5 Å². The van der Waals surface area contributed by atoms with Crippen LogP contribution in [0.1, 0.15) is 18.4 Å². The number of piperidine rings is 1. The van der Waals surface area contributed by atoms with E-state index in [4.69, 9.17) is 0 Å². The SMILES string of the molecule is CSc1ccccc1CN1C[C@H]2CC[C@@H](C1)N(CC(=O)N(C)C)C2=O. The number of thioether (sulfide) groups is 1. The van der Waals surface area contributed by atoms with Crippen molar-refractivity contribution in [1.82, 2.24) is 14.7 Å². The summed E-state index contributed by atoms with van der Waals surface area (Å²) in [6.45, 7) is 2.73. The van der Waals surface area contributed by atoms with Crippen molar-refractivity contribution in [3.05, 3.63) is 29.8 Å². The third-order valence-corrected chi connectivity index (χ3v) is 6.10. The van der Waals surface area contributed by atoms with Gasteiger partial charge in [-0.25, -0.2) is 0 Å². The number of amides is 2. The standard InChI is InChI=1S/C19H27N3O2S/c1-20(2)18(23)13-22-16-9-8-15(19(22)24)11-21(12-16)10-14-6-4-5-7-17(14)25-3/h4-7,15-16H,8-13H2,1-3H3/t15-,16+/m1/s1. The molecule has 2 atom stereocenters. The van der Waals surface area contributed by atoms with Crippen molar-refractivity contribution in [2.45, 2.75) is 30.3 Å². The highest BCUT2D eigenvalue weighted by Gasteiger charge is 2.41. The van der Waals surface area contributed by atoms with E-state index < -0.39 is 0 Å². The van der Waals surface area contributed by atoms with Crippen molar-refractivity contribution in [3.8, 4) is 0 Å². The predicted molar refractivity (Wildman–Crippen MR) is 100 cm³/mol. The molecule has 0 N–H and O–H groups in total. The van der Waals surface area contributed by atoms with Gasteiger partial charge in [0, 0.05) is 44.7 Å². The molecule has 4 rings (SSSR count). The minimum Gasteiger partial charge on any atom is -0.347 e. The highest BCUT2D eigenvalue weighted by atomic mass is 32.2. The van der Waals surface area contributed by atoms with Gasteiger partial charge in [-0.1, -0.05) is 18.2 Å². The van der Waals surface area contributed by atoms with Crippen LogP contribution in [0.5, 0.6) is 0 Å². The Balaban J connectivity index is 1.74. The van der Waals surface area contributed by atoms with Gasteiger partial charge >= 0.3 is 0 Å². The Kier molecular flexibility index (Phi) is 5.69. The zero-order chi connectivity index (χ0) is 18.0. The molecule has 1 aromatic rings. The Morgan fingerprint density at radius 2 is 2.00 bits per heavy atom. The molecule has 0 spiro atoms. The number of fused-ring (bicyclic) bond motifs is 4. The van der Waals surface area contributed by atoms with Crippen LogP contribution in [0.25, 0.3) is 0 Å². The van der Waals surface area contributed by atoms with Crippen LogP contribution >= 0.6 is 11.8 Å². The third-order valence-electron chi connectivity index (χ3n) is 5.26. The van der Waals surface area contributed by atoms with Crippen molar-refractivity contribution in [1.29, 1.82) is 0 Å². The van der Waals surface area contributed by atoms with Gasteiger partial charge in [0.15, 0.2) is 0 Å². The molecule has 1 aromatic carbocycles. The lowest BCUT2D eigenvalue weighted by Crippen LogP contribution is -2.51. The van der Waals surface area contributed by atoms with Crippen LogP contribution in [0.2, 0.25) is 0 Å². The quantitative estimate of drug-likeness (QED) is 0.752. The Bertz CT molecular complexity index is 649. The molecule has 3 saturated heterocycles. The van der Waals surface area contributed by atoms with Crippen LogP contribution in [0, 0.1) is 5.92 Å². The number of likely N-dealkylation sites (N-methyl/N-ethyl adjacent to an activating group) is 1. The van der Waals surface area contributed by atoms with E-state index in [0.29, 0.717) is 0 Å². The van der Waals surface area contributed by atoms with Gasteiger partial charge in [-0.2, -0.15) is 0 Å². The average Bonchev–Trinajstić information content (AvgIpc) is 2.87. The molecule has 2 amide bonds. The molecule has 0 saturated carbocycles. The summed E-state index contributed by atoms with van der Waals surface area (Å²) in [5, 5.41) is 0. The monoisotopic (exact) mass is 361 g/mol. The van der Waals surface area contributed by atoms with Crippen molar-refractivity contribution in [2.24, 2.45) is 5.92 Å². The van der Waals surface area contributed by atoms with Gasteiger partial charge in [0.1, 0.15) is 6.54 Å². The number of hydrogen-bond donors (Lipinski definition) is 0. The van der Waals surface area contributed by atoms with Crippen LogP contribution in [-0.2, 0) is 16.1 Å². The van der Waals surface area contributed by atoms with E-state index in [1.54, 1.807) is 30.8 Å². The first-order valence-corrected chi connectivity index (χ1v) is 10.1. The molecule has 25 heavy (non-hydrogen) atoms. The van der Waals surface area contributed by atoms with Crippen LogP contribution < -0.4 is 0 Å². The number of nitrogens with zero attached hydrogens (tertiary/aromatic N) is 3. The largest absolute Gasteiger partial charge is 0.347 e. The molecule has 5 nitrogen and oxygen atoms in total. The normalized spacial score (nSPS) is 23.6. The van der Waals surface area contributed by atoms with Gasteiger partial charge in [-0.15, -0.1) is 11.8 Å². The summed E-state index contributed by atoms with van der Waals surface area (Å²) in [5.41, 5.74) is 1.32. The van der Waals surface area contributed by atoms with Gasteiger partial charge in [0.05, 0.1) is 5.92 Å². The summed E-state index contributed by atoms with van der Waals surface area (Å²) >= 11 is 1.76. The van der Waals surface area contributed by atoms with Crippen LogP contribution in [0.4, 0.5) is 0 Å². The zero-order valence-corrected chi connectivity index (χ0v) is 16.1. The minimum atomic E-state index is 0.000165. The lowest BCUT2D eigenvalue weighted by molar-refractivity contribution is -0.145. The lowest BCUT2D eigenvalue weighted by atomic mass is 9.94. The maximum Gasteiger partial charge on any atom is 0.241 e. The lowest BCUT2D eigenvalue weighted by Gasteiger charge is -2.36. The van der Waals surface area contributed by atoms with Crippen molar-refractivity contribution < 1.29 is 9.59 Å². The van der Waals surface area contributed by atoms with Gasteiger partial charge in [-0.05, 0) is 30.7 Å². The fourth-order valence-electron chi connectivity index (χ4n) is 3.83. The second kappa shape index (κ2) is 7.79. The van der Waals surface area contributed by atoms with E-state index in [0.717, 1.165) is 32.5 Å². The molecule has 0 radical (unpaired) electrons. The molecule has 0 aromatic heterocycles. The van der Waals surface area contributed by atoms with E-state index in [9.17, 15) is 9.59 Å². The number of carbonyl (C=O) groups is 2. The first-order valence-electron chi connectivity index (χ1n) is 8.84. The Labute approximate surface area is 154 Å². The molecule has 3 aliphatic heterocycles. The maximum atomic E-state index is 12.8. The molecule has 3 aliphatic rings. The maximum absolute atomic E-state index is 12.8. The first kappa shape index (κ1) is 18.3. The smallest absolute Gasteiger partial charge is 0.241 e. The number of rotatable bonds is 5. The number of benzene rings is 1. The van der Waals surface area contributed by atoms with Gasteiger partial charge in [0.2, 0.25) is 11.8 Å². The molecule has 0 unspecified atom stereocenters. The topological polar surface area (TPSA) is 43.9 Å².